The van der Waals surface area contributed by atoms with Crippen molar-refractivity contribution in [2.45, 2.75) is 38.9 Å². The molecule has 0 aromatic rings. The number of fused-ring (bicyclic) bond motifs is 2. The van der Waals surface area contributed by atoms with Crippen LogP contribution in [0.1, 0.15) is 33.1 Å². The van der Waals surface area contributed by atoms with Gasteiger partial charge >= 0.3 is 11.9 Å². The summed E-state index contributed by atoms with van der Waals surface area (Å²) in [6.45, 7) is 2.66. The van der Waals surface area contributed by atoms with Gasteiger partial charge in [0.05, 0.1) is 0 Å². The van der Waals surface area contributed by atoms with E-state index in [2.05, 4.69) is 0 Å². The molecular formula is C15H18O5. The number of hydrogen-bond acceptors (Lipinski definition) is 5. The fourth-order valence-corrected chi connectivity index (χ4v) is 5.86. The molecular weight excluding hydrogens is 260 g/mol. The minimum atomic E-state index is -1.18. The van der Waals surface area contributed by atoms with Gasteiger partial charge in [-0.1, -0.05) is 0 Å². The summed E-state index contributed by atoms with van der Waals surface area (Å²) in [5.41, 5.74) is 0. The van der Waals surface area contributed by atoms with Gasteiger partial charge in [-0.05, 0) is 30.1 Å². The monoisotopic (exact) mass is 278 g/mol. The zero-order valence-electron chi connectivity index (χ0n) is 11.6. The lowest BCUT2D eigenvalue weighted by atomic mass is 9.79. The summed E-state index contributed by atoms with van der Waals surface area (Å²) in [5, 5.41) is 0. The fourth-order valence-electron chi connectivity index (χ4n) is 5.86. The number of esters is 2. The van der Waals surface area contributed by atoms with Gasteiger partial charge in [0.1, 0.15) is 5.78 Å². The first-order valence-electron chi connectivity index (χ1n) is 7.35. The molecule has 4 fully saturated rings. The maximum atomic E-state index is 12.3. The second-order valence-corrected chi connectivity index (χ2v) is 6.82. The van der Waals surface area contributed by atoms with E-state index >= 15 is 0 Å². The van der Waals surface area contributed by atoms with Gasteiger partial charge in [0.15, 0.2) is 0 Å². The van der Waals surface area contributed by atoms with Gasteiger partial charge in [-0.3, -0.25) is 14.4 Å². The standard InChI is InChI=1S/C15H18O5/c1-6(16)19-15(20-7(2)17)5-11-8-4-12(18)13-9(8)3-10(11)14(13)15/h8-11,13-14H,3-5H2,1-2H3/t8-,9-,10-,11+,13+,14+/m0/s1. The number of Topliss-reactive ketones (excluding diaryl/α,β-unsaturated/α-hetero) is 1. The van der Waals surface area contributed by atoms with Crippen molar-refractivity contribution in [3.8, 4) is 0 Å². The number of ketones is 1. The van der Waals surface area contributed by atoms with Gasteiger partial charge in [-0.15, -0.1) is 0 Å². The number of rotatable bonds is 2. The molecule has 6 atom stereocenters. The SMILES string of the molecule is CC(=O)OC1(OC(C)=O)C[C@@H]2[C@H]3CC(=O)[C@H]4[C@H]3C[C@@H]2[C@H]41. The normalized spacial score (nSPS) is 45.8. The van der Waals surface area contributed by atoms with Crippen molar-refractivity contribution in [2.75, 3.05) is 0 Å². The van der Waals surface area contributed by atoms with Gasteiger partial charge in [-0.25, -0.2) is 0 Å². The topological polar surface area (TPSA) is 69.7 Å². The minimum absolute atomic E-state index is 0.0672. The largest absolute Gasteiger partial charge is 0.422 e. The molecule has 0 aliphatic heterocycles. The Kier molecular flexibility index (Phi) is 2.24. The Morgan fingerprint density at radius 3 is 2.30 bits per heavy atom. The molecule has 4 aliphatic carbocycles. The van der Waals surface area contributed by atoms with E-state index in [0.717, 1.165) is 6.42 Å². The van der Waals surface area contributed by atoms with Gasteiger partial charge in [-0.2, -0.15) is 0 Å². The first-order valence-corrected chi connectivity index (χ1v) is 7.35. The first-order chi connectivity index (χ1) is 9.43. The molecule has 4 saturated carbocycles. The molecule has 0 heterocycles. The van der Waals surface area contributed by atoms with E-state index in [9.17, 15) is 14.4 Å². The maximum absolute atomic E-state index is 12.3. The molecule has 0 amide bonds. The smallest absolute Gasteiger partial charge is 0.305 e. The second-order valence-electron chi connectivity index (χ2n) is 6.82. The third-order valence-corrected chi connectivity index (χ3v) is 5.97. The Bertz CT molecular complexity index is 508. The summed E-state index contributed by atoms with van der Waals surface area (Å²) >= 11 is 0. The first kappa shape index (κ1) is 12.4. The summed E-state index contributed by atoms with van der Waals surface area (Å²) in [4.78, 5) is 35.2. The Labute approximate surface area is 117 Å². The zero-order valence-corrected chi connectivity index (χ0v) is 11.6. The van der Waals surface area contributed by atoms with E-state index in [1.165, 1.54) is 13.8 Å². The van der Waals surface area contributed by atoms with Crippen LogP contribution in [0, 0.1) is 35.5 Å². The Balaban J connectivity index is 1.77. The lowest BCUT2D eigenvalue weighted by Crippen LogP contribution is -2.46. The highest BCUT2D eigenvalue weighted by Crippen LogP contribution is 2.72. The molecule has 0 radical (unpaired) electrons. The number of hydrogen-bond donors (Lipinski definition) is 0. The van der Waals surface area contributed by atoms with Gasteiger partial charge < -0.3 is 9.47 Å². The molecule has 20 heavy (non-hydrogen) atoms. The van der Waals surface area contributed by atoms with Crippen LogP contribution in [0.4, 0.5) is 0 Å². The minimum Gasteiger partial charge on any atom is -0.422 e. The number of carbonyl (C=O) groups is 3. The highest BCUT2D eigenvalue weighted by atomic mass is 16.7. The van der Waals surface area contributed by atoms with E-state index in [1.54, 1.807) is 0 Å². The molecule has 0 N–H and O–H groups in total. The number of ether oxygens (including phenoxy) is 2. The van der Waals surface area contributed by atoms with Crippen LogP contribution in [0.3, 0.4) is 0 Å². The van der Waals surface area contributed by atoms with Crippen molar-refractivity contribution >= 4 is 17.7 Å². The van der Waals surface area contributed by atoms with Crippen LogP contribution < -0.4 is 0 Å². The van der Waals surface area contributed by atoms with E-state index in [1.807, 2.05) is 0 Å². The zero-order chi connectivity index (χ0) is 14.2. The molecule has 0 aromatic carbocycles. The number of carbonyl (C=O) groups excluding carboxylic acids is 3. The van der Waals surface area contributed by atoms with Crippen LogP contribution in [-0.2, 0) is 23.9 Å². The lowest BCUT2D eigenvalue weighted by molar-refractivity contribution is -0.244. The molecule has 0 saturated heterocycles. The van der Waals surface area contributed by atoms with Crippen molar-refractivity contribution in [3.05, 3.63) is 0 Å². The average molecular weight is 278 g/mol. The van der Waals surface area contributed by atoms with Crippen LogP contribution in [0.25, 0.3) is 0 Å². The molecule has 5 nitrogen and oxygen atoms in total. The highest BCUT2D eigenvalue weighted by molar-refractivity contribution is 5.86. The quantitative estimate of drug-likeness (QED) is 0.562. The molecule has 0 unspecified atom stereocenters. The molecule has 0 spiro atoms. The molecule has 5 heteroatoms. The van der Waals surface area contributed by atoms with Crippen molar-refractivity contribution in [3.63, 3.8) is 0 Å². The van der Waals surface area contributed by atoms with Crippen molar-refractivity contribution in [1.82, 2.24) is 0 Å². The lowest BCUT2D eigenvalue weighted by Gasteiger charge is -2.35. The van der Waals surface area contributed by atoms with E-state index in [-0.39, 0.29) is 17.6 Å². The van der Waals surface area contributed by atoms with Gasteiger partial charge in [0.2, 0.25) is 0 Å². The summed E-state index contributed by atoms with van der Waals surface area (Å²) in [6.07, 6.45) is 2.27. The van der Waals surface area contributed by atoms with Gasteiger partial charge in [0.25, 0.3) is 5.79 Å². The van der Waals surface area contributed by atoms with E-state index < -0.39 is 17.7 Å². The van der Waals surface area contributed by atoms with E-state index in [4.69, 9.17) is 9.47 Å². The van der Waals surface area contributed by atoms with Gasteiger partial charge in [0, 0.05) is 38.5 Å². The molecule has 4 rings (SSSR count). The summed E-state index contributed by atoms with van der Waals surface area (Å²) in [7, 11) is 0. The predicted octanol–water partition coefficient (Wildman–Crippen LogP) is 1.30. The molecule has 2 bridgehead atoms. The molecule has 108 valence electrons. The van der Waals surface area contributed by atoms with Crippen LogP contribution in [0.5, 0.6) is 0 Å². The molecule has 0 aromatic heterocycles. The maximum Gasteiger partial charge on any atom is 0.305 e. The van der Waals surface area contributed by atoms with Crippen LogP contribution in [-0.4, -0.2) is 23.5 Å². The van der Waals surface area contributed by atoms with Crippen LogP contribution in [0.2, 0.25) is 0 Å². The Morgan fingerprint density at radius 1 is 1.05 bits per heavy atom. The van der Waals surface area contributed by atoms with Crippen molar-refractivity contribution in [1.29, 1.82) is 0 Å². The summed E-state index contributed by atoms with van der Waals surface area (Å²) < 4.78 is 11.0. The van der Waals surface area contributed by atoms with Crippen molar-refractivity contribution in [2.24, 2.45) is 35.5 Å². The van der Waals surface area contributed by atoms with Crippen LogP contribution >= 0.6 is 0 Å². The third-order valence-electron chi connectivity index (χ3n) is 5.97. The Morgan fingerprint density at radius 2 is 1.70 bits per heavy atom. The summed E-state index contributed by atoms with van der Waals surface area (Å²) in [6, 6.07) is 0. The molecule has 4 aliphatic rings. The predicted molar refractivity (Wildman–Crippen MR) is 66.1 cm³/mol. The third kappa shape index (κ3) is 1.31. The summed E-state index contributed by atoms with van der Waals surface area (Å²) in [5.74, 6) is -0.392. The Hall–Kier alpha value is -1.39. The second kappa shape index (κ2) is 3.62. The van der Waals surface area contributed by atoms with Crippen LogP contribution in [0.15, 0.2) is 0 Å². The fraction of sp³-hybridized carbons (Fsp3) is 0.800. The highest BCUT2D eigenvalue weighted by Gasteiger charge is 2.76. The van der Waals surface area contributed by atoms with Crippen molar-refractivity contribution < 1.29 is 23.9 Å². The average Bonchev–Trinajstić information content (AvgIpc) is 2.92. The van der Waals surface area contributed by atoms with E-state index in [0.29, 0.717) is 36.5 Å².